The molecule has 0 bridgehead atoms. The molecule has 130 valence electrons. The van der Waals surface area contributed by atoms with Gasteiger partial charge in [-0.15, -0.1) is 0 Å². The number of carbonyl (C=O) groups is 1. The summed E-state index contributed by atoms with van der Waals surface area (Å²) in [4.78, 5) is 15.9. The number of amides is 1. The zero-order chi connectivity index (χ0) is 18.1. The Labute approximate surface area is 149 Å². The van der Waals surface area contributed by atoms with Gasteiger partial charge in [-0.05, 0) is 86.4 Å². The summed E-state index contributed by atoms with van der Waals surface area (Å²) in [6, 6.07) is 5.81. The third-order valence-electron chi connectivity index (χ3n) is 5.06. The van der Waals surface area contributed by atoms with E-state index in [9.17, 15) is 4.79 Å². The number of fused-ring (bicyclic) bond motifs is 1. The predicted octanol–water partition coefficient (Wildman–Crippen LogP) is 3.88. The van der Waals surface area contributed by atoms with E-state index < -0.39 is 5.91 Å². The van der Waals surface area contributed by atoms with Gasteiger partial charge in [0.15, 0.2) is 5.96 Å². The van der Waals surface area contributed by atoms with Crippen LogP contribution >= 0.6 is 0 Å². The molecule has 25 heavy (non-hydrogen) atoms. The van der Waals surface area contributed by atoms with Crippen molar-refractivity contribution >= 4 is 17.4 Å². The lowest BCUT2D eigenvalue weighted by molar-refractivity contribution is 0.100. The van der Waals surface area contributed by atoms with Gasteiger partial charge in [0, 0.05) is 5.56 Å². The average Bonchev–Trinajstić information content (AvgIpc) is 2.54. The van der Waals surface area contributed by atoms with Gasteiger partial charge in [0.1, 0.15) is 0 Å². The molecule has 0 atom stereocenters. The fourth-order valence-electron chi connectivity index (χ4n) is 3.81. The highest BCUT2D eigenvalue weighted by Gasteiger charge is 2.23. The summed E-state index contributed by atoms with van der Waals surface area (Å²) in [5.74, 6) is -0.600. The maximum Gasteiger partial charge on any atom is 0.280 e. The van der Waals surface area contributed by atoms with E-state index in [0.717, 1.165) is 31.2 Å². The topological polar surface area (TPSA) is 81.5 Å². The number of allylic oxidation sites excluding steroid dienone is 6. The van der Waals surface area contributed by atoms with Crippen molar-refractivity contribution in [3.05, 3.63) is 63.3 Å². The van der Waals surface area contributed by atoms with E-state index in [4.69, 9.17) is 11.5 Å². The van der Waals surface area contributed by atoms with E-state index in [2.05, 4.69) is 31.8 Å². The first-order chi connectivity index (χ1) is 11.9. The van der Waals surface area contributed by atoms with Crippen LogP contribution in [0.5, 0.6) is 0 Å². The highest BCUT2D eigenvalue weighted by atomic mass is 16.1. The third-order valence-corrected chi connectivity index (χ3v) is 5.06. The summed E-state index contributed by atoms with van der Waals surface area (Å²) in [6.45, 7) is 6.57. The molecule has 2 aliphatic carbocycles. The molecule has 0 saturated carbocycles. The number of nitrogens with zero attached hydrogens (tertiary/aromatic N) is 1. The molecular formula is C21H25N3O. The minimum atomic E-state index is -0.393. The lowest BCUT2D eigenvalue weighted by Crippen LogP contribution is -2.24. The van der Waals surface area contributed by atoms with E-state index in [0.29, 0.717) is 5.56 Å². The number of carbonyl (C=O) groups excluding carboxylic acids is 1. The molecule has 0 aromatic heterocycles. The zero-order valence-corrected chi connectivity index (χ0v) is 15.1. The Morgan fingerprint density at radius 1 is 1.04 bits per heavy atom. The van der Waals surface area contributed by atoms with Crippen LogP contribution in [0.25, 0.3) is 5.57 Å². The molecule has 0 radical (unpaired) electrons. The minimum absolute atomic E-state index is 0.207. The molecule has 0 heterocycles. The van der Waals surface area contributed by atoms with Crippen LogP contribution in [0.2, 0.25) is 0 Å². The number of aryl methyl sites for hydroxylation is 1. The molecule has 0 spiro atoms. The monoisotopic (exact) mass is 335 g/mol. The van der Waals surface area contributed by atoms with Gasteiger partial charge in [0.05, 0.1) is 0 Å². The first-order valence-electron chi connectivity index (χ1n) is 8.71. The number of rotatable bonds is 2. The minimum Gasteiger partial charge on any atom is -0.370 e. The lowest BCUT2D eigenvalue weighted by atomic mass is 9.77. The Morgan fingerprint density at radius 2 is 1.80 bits per heavy atom. The molecule has 3 rings (SSSR count). The van der Waals surface area contributed by atoms with Gasteiger partial charge in [0.25, 0.3) is 5.91 Å². The van der Waals surface area contributed by atoms with Crippen molar-refractivity contribution in [3.8, 4) is 0 Å². The summed E-state index contributed by atoms with van der Waals surface area (Å²) in [6.07, 6.45) is 6.48. The molecule has 4 heteroatoms. The van der Waals surface area contributed by atoms with Crippen molar-refractivity contribution in [1.29, 1.82) is 0 Å². The summed E-state index contributed by atoms with van der Waals surface area (Å²) in [5.41, 5.74) is 20.5. The average molecular weight is 335 g/mol. The second kappa shape index (κ2) is 6.71. The quantitative estimate of drug-likeness (QED) is 0.636. The number of guanidine groups is 1. The van der Waals surface area contributed by atoms with Gasteiger partial charge >= 0.3 is 0 Å². The van der Waals surface area contributed by atoms with Crippen LogP contribution in [0, 0.1) is 0 Å². The number of aliphatic imine (C=N–C) groups is 1. The SMILES string of the molecule is CC1=CC(C)=C(C2=C(C)CCc3ccc(C(=O)N=C(N)N)cc32)CC1. The largest absolute Gasteiger partial charge is 0.370 e. The molecule has 1 aromatic rings. The molecule has 1 aromatic carbocycles. The predicted molar refractivity (Wildman–Crippen MR) is 103 cm³/mol. The lowest BCUT2D eigenvalue weighted by Gasteiger charge is -2.27. The van der Waals surface area contributed by atoms with Crippen LogP contribution in [-0.4, -0.2) is 11.9 Å². The van der Waals surface area contributed by atoms with Crippen molar-refractivity contribution in [1.82, 2.24) is 0 Å². The Morgan fingerprint density at radius 3 is 2.48 bits per heavy atom. The van der Waals surface area contributed by atoms with Crippen LogP contribution in [-0.2, 0) is 6.42 Å². The smallest absolute Gasteiger partial charge is 0.280 e. The van der Waals surface area contributed by atoms with Crippen LogP contribution in [0.4, 0.5) is 0 Å². The molecule has 0 fully saturated rings. The number of hydrogen-bond donors (Lipinski definition) is 2. The number of benzene rings is 1. The van der Waals surface area contributed by atoms with Crippen LogP contribution in [0.1, 0.15) is 61.5 Å². The second-order valence-corrected chi connectivity index (χ2v) is 7.02. The maximum absolute atomic E-state index is 12.2. The van der Waals surface area contributed by atoms with Gasteiger partial charge in [0.2, 0.25) is 0 Å². The Balaban J connectivity index is 2.13. The summed E-state index contributed by atoms with van der Waals surface area (Å²) >= 11 is 0. The zero-order valence-electron chi connectivity index (χ0n) is 15.1. The highest BCUT2D eigenvalue weighted by molar-refractivity contribution is 6.03. The standard InChI is InChI=1S/C21H25N3O/c1-12-4-9-17(14(3)10-12)19-13(2)5-6-15-7-8-16(11-18(15)19)20(25)24-21(22)23/h7-8,10-11H,4-6,9H2,1-3H3,(H4,22,23,24,25). The van der Waals surface area contributed by atoms with Gasteiger partial charge in [-0.3, -0.25) is 4.79 Å². The van der Waals surface area contributed by atoms with Crippen molar-refractivity contribution in [2.24, 2.45) is 16.5 Å². The second-order valence-electron chi connectivity index (χ2n) is 7.02. The number of nitrogens with two attached hydrogens (primary N) is 2. The molecular weight excluding hydrogens is 310 g/mol. The van der Waals surface area contributed by atoms with Gasteiger partial charge in [-0.25, -0.2) is 0 Å². The van der Waals surface area contributed by atoms with Crippen LogP contribution in [0.3, 0.4) is 0 Å². The first kappa shape index (κ1) is 17.2. The van der Waals surface area contributed by atoms with Gasteiger partial charge < -0.3 is 11.5 Å². The molecule has 0 aliphatic heterocycles. The van der Waals surface area contributed by atoms with Crippen molar-refractivity contribution in [2.45, 2.75) is 46.5 Å². The molecule has 1 amide bonds. The fraction of sp³-hybridized carbons (Fsp3) is 0.333. The highest BCUT2D eigenvalue weighted by Crippen LogP contribution is 2.41. The van der Waals surface area contributed by atoms with Crippen molar-refractivity contribution in [3.63, 3.8) is 0 Å². The van der Waals surface area contributed by atoms with Crippen LogP contribution < -0.4 is 11.5 Å². The van der Waals surface area contributed by atoms with E-state index in [1.54, 1.807) is 0 Å². The maximum atomic E-state index is 12.2. The third kappa shape index (κ3) is 3.43. The van der Waals surface area contributed by atoms with Gasteiger partial charge in [-0.2, -0.15) is 4.99 Å². The van der Waals surface area contributed by atoms with Gasteiger partial charge in [-0.1, -0.05) is 23.3 Å². The first-order valence-corrected chi connectivity index (χ1v) is 8.71. The molecule has 4 nitrogen and oxygen atoms in total. The fourth-order valence-corrected chi connectivity index (χ4v) is 3.81. The van der Waals surface area contributed by atoms with E-state index in [1.165, 1.54) is 33.4 Å². The Bertz CT molecular complexity index is 865. The van der Waals surface area contributed by atoms with Crippen LogP contribution in [0.15, 0.2) is 51.6 Å². The molecule has 0 unspecified atom stereocenters. The van der Waals surface area contributed by atoms with Crippen molar-refractivity contribution in [2.75, 3.05) is 0 Å². The normalized spacial score (nSPS) is 17.2. The van der Waals surface area contributed by atoms with E-state index in [1.807, 2.05) is 18.2 Å². The molecule has 0 saturated heterocycles. The van der Waals surface area contributed by atoms with E-state index >= 15 is 0 Å². The summed E-state index contributed by atoms with van der Waals surface area (Å²) in [7, 11) is 0. The molecule has 2 aliphatic rings. The number of hydrogen-bond acceptors (Lipinski definition) is 1. The van der Waals surface area contributed by atoms with E-state index in [-0.39, 0.29) is 5.96 Å². The summed E-state index contributed by atoms with van der Waals surface area (Å²) in [5, 5.41) is 0. The summed E-state index contributed by atoms with van der Waals surface area (Å²) < 4.78 is 0. The Kier molecular flexibility index (Phi) is 4.62. The Hall–Kier alpha value is -2.62. The van der Waals surface area contributed by atoms with Crippen molar-refractivity contribution < 1.29 is 4.79 Å². The molecule has 4 N–H and O–H groups in total.